The standard InChI is InChI=1S/C13H16N6O2.ClH/c20-13(7-12-8-14-4-5-21-12)16-10-2-1-3-11(6-10)19-9-15-17-18-19;/h1-3,6,9,12,14H,4-5,7-8H2,(H,16,20);1H. The van der Waals surface area contributed by atoms with Crippen molar-refractivity contribution in [1.82, 2.24) is 25.5 Å². The molecule has 0 bridgehead atoms. The summed E-state index contributed by atoms with van der Waals surface area (Å²) in [6.07, 6.45) is 1.77. The number of morpholine rings is 1. The van der Waals surface area contributed by atoms with Gasteiger partial charge in [-0.1, -0.05) is 6.07 Å². The predicted molar refractivity (Wildman–Crippen MR) is 82.3 cm³/mol. The second-order valence-electron chi connectivity index (χ2n) is 4.75. The van der Waals surface area contributed by atoms with Gasteiger partial charge in [-0.15, -0.1) is 17.5 Å². The fourth-order valence-corrected chi connectivity index (χ4v) is 2.18. The monoisotopic (exact) mass is 324 g/mol. The number of nitrogens with zero attached hydrogens (tertiary/aromatic N) is 4. The number of benzene rings is 1. The van der Waals surface area contributed by atoms with Gasteiger partial charge in [0.2, 0.25) is 5.91 Å². The Hall–Kier alpha value is -2.03. The van der Waals surface area contributed by atoms with Crippen molar-refractivity contribution >= 4 is 24.0 Å². The van der Waals surface area contributed by atoms with Gasteiger partial charge in [0.25, 0.3) is 0 Å². The number of amides is 1. The summed E-state index contributed by atoms with van der Waals surface area (Å²) < 4.78 is 7.05. The second kappa shape index (κ2) is 7.83. The molecule has 1 atom stereocenters. The van der Waals surface area contributed by atoms with Gasteiger partial charge in [0.05, 0.1) is 24.8 Å². The van der Waals surface area contributed by atoms with Crippen LogP contribution in [-0.2, 0) is 9.53 Å². The minimum absolute atomic E-state index is 0. The van der Waals surface area contributed by atoms with Crippen molar-refractivity contribution in [2.45, 2.75) is 12.5 Å². The molecule has 0 radical (unpaired) electrons. The van der Waals surface area contributed by atoms with Crippen LogP contribution in [0, 0.1) is 0 Å². The van der Waals surface area contributed by atoms with Crippen molar-refractivity contribution in [3.05, 3.63) is 30.6 Å². The Kier molecular flexibility index (Phi) is 5.82. The fraction of sp³-hybridized carbons (Fsp3) is 0.385. The summed E-state index contributed by atoms with van der Waals surface area (Å²) in [5.41, 5.74) is 1.49. The third-order valence-corrected chi connectivity index (χ3v) is 3.16. The molecule has 3 rings (SSSR count). The van der Waals surface area contributed by atoms with Crippen LogP contribution < -0.4 is 10.6 Å². The molecule has 8 nitrogen and oxygen atoms in total. The van der Waals surface area contributed by atoms with E-state index in [-0.39, 0.29) is 24.4 Å². The maximum atomic E-state index is 12.0. The molecule has 22 heavy (non-hydrogen) atoms. The first-order chi connectivity index (χ1) is 10.3. The molecule has 1 saturated heterocycles. The molecular weight excluding hydrogens is 308 g/mol. The normalized spacial score (nSPS) is 17.5. The Labute approximate surface area is 133 Å². The van der Waals surface area contributed by atoms with Crippen molar-refractivity contribution in [2.24, 2.45) is 0 Å². The van der Waals surface area contributed by atoms with E-state index < -0.39 is 0 Å². The maximum Gasteiger partial charge on any atom is 0.227 e. The molecule has 1 fully saturated rings. The molecular formula is C13H17ClN6O2. The van der Waals surface area contributed by atoms with E-state index in [1.165, 1.54) is 11.0 Å². The van der Waals surface area contributed by atoms with Gasteiger partial charge in [-0.25, -0.2) is 4.68 Å². The smallest absolute Gasteiger partial charge is 0.227 e. The third kappa shape index (κ3) is 4.23. The minimum atomic E-state index is -0.0717. The van der Waals surface area contributed by atoms with Crippen LogP contribution in [0.5, 0.6) is 0 Å². The molecule has 1 aromatic heterocycles. The summed E-state index contributed by atoms with van der Waals surface area (Å²) in [5, 5.41) is 17.1. The molecule has 0 saturated carbocycles. The van der Waals surface area contributed by atoms with Crippen molar-refractivity contribution in [3.8, 4) is 5.69 Å². The highest BCUT2D eigenvalue weighted by Gasteiger charge is 2.17. The molecule has 1 unspecified atom stereocenters. The van der Waals surface area contributed by atoms with Gasteiger partial charge >= 0.3 is 0 Å². The second-order valence-corrected chi connectivity index (χ2v) is 4.75. The number of hydrogen-bond acceptors (Lipinski definition) is 6. The van der Waals surface area contributed by atoms with E-state index in [1.54, 1.807) is 0 Å². The van der Waals surface area contributed by atoms with Crippen molar-refractivity contribution in [2.75, 3.05) is 25.0 Å². The van der Waals surface area contributed by atoms with E-state index in [2.05, 4.69) is 26.2 Å². The summed E-state index contributed by atoms with van der Waals surface area (Å²) in [6, 6.07) is 7.34. The topological polar surface area (TPSA) is 94.0 Å². The Morgan fingerprint density at radius 2 is 2.41 bits per heavy atom. The van der Waals surface area contributed by atoms with Gasteiger partial charge in [0.1, 0.15) is 6.33 Å². The van der Waals surface area contributed by atoms with Crippen LogP contribution >= 0.6 is 12.4 Å². The summed E-state index contributed by atoms with van der Waals surface area (Å²) in [7, 11) is 0. The number of hydrogen-bond donors (Lipinski definition) is 2. The van der Waals surface area contributed by atoms with Crippen LogP contribution in [-0.4, -0.2) is 51.9 Å². The Balaban J connectivity index is 0.00000176. The first-order valence-corrected chi connectivity index (χ1v) is 6.77. The molecule has 1 aliphatic rings. The Morgan fingerprint density at radius 3 is 3.14 bits per heavy atom. The lowest BCUT2D eigenvalue weighted by atomic mass is 10.2. The highest BCUT2D eigenvalue weighted by Crippen LogP contribution is 2.14. The molecule has 2 heterocycles. The molecule has 2 N–H and O–H groups in total. The highest BCUT2D eigenvalue weighted by molar-refractivity contribution is 5.91. The number of anilines is 1. The van der Waals surface area contributed by atoms with E-state index in [9.17, 15) is 4.79 Å². The van der Waals surface area contributed by atoms with E-state index in [1.807, 2.05) is 24.3 Å². The maximum absolute atomic E-state index is 12.0. The molecule has 1 aromatic carbocycles. The number of nitrogens with one attached hydrogen (secondary N) is 2. The Bertz CT molecular complexity index is 600. The van der Waals surface area contributed by atoms with Gasteiger partial charge in [-0.05, 0) is 28.6 Å². The Morgan fingerprint density at radius 1 is 1.50 bits per heavy atom. The molecule has 0 aliphatic carbocycles. The summed E-state index contributed by atoms with van der Waals surface area (Å²) >= 11 is 0. The van der Waals surface area contributed by atoms with E-state index >= 15 is 0 Å². The number of tetrazole rings is 1. The molecule has 1 amide bonds. The van der Waals surface area contributed by atoms with Gasteiger partial charge in [0.15, 0.2) is 0 Å². The molecule has 2 aromatic rings. The van der Waals surface area contributed by atoms with Crippen LogP contribution in [0.25, 0.3) is 5.69 Å². The quantitative estimate of drug-likeness (QED) is 0.845. The first-order valence-electron chi connectivity index (χ1n) is 6.77. The van der Waals surface area contributed by atoms with Gasteiger partial charge in [-0.2, -0.15) is 0 Å². The van der Waals surface area contributed by atoms with Crippen molar-refractivity contribution in [1.29, 1.82) is 0 Å². The lowest BCUT2D eigenvalue weighted by molar-refractivity contribution is -0.119. The first kappa shape index (κ1) is 16.3. The number of halogens is 1. The molecule has 0 spiro atoms. The fourth-order valence-electron chi connectivity index (χ4n) is 2.18. The average Bonchev–Trinajstić information content (AvgIpc) is 3.02. The lowest BCUT2D eigenvalue weighted by Gasteiger charge is -2.23. The highest BCUT2D eigenvalue weighted by atomic mass is 35.5. The largest absolute Gasteiger partial charge is 0.375 e. The van der Waals surface area contributed by atoms with Crippen LogP contribution in [0.3, 0.4) is 0 Å². The van der Waals surface area contributed by atoms with Crippen molar-refractivity contribution < 1.29 is 9.53 Å². The molecule has 9 heteroatoms. The third-order valence-electron chi connectivity index (χ3n) is 3.16. The van der Waals surface area contributed by atoms with Crippen LogP contribution in [0.4, 0.5) is 5.69 Å². The summed E-state index contributed by atoms with van der Waals surface area (Å²) in [6.45, 7) is 2.19. The van der Waals surface area contributed by atoms with E-state index in [0.29, 0.717) is 25.3 Å². The average molecular weight is 325 g/mol. The van der Waals surface area contributed by atoms with Crippen LogP contribution in [0.15, 0.2) is 30.6 Å². The van der Waals surface area contributed by atoms with Crippen molar-refractivity contribution in [3.63, 3.8) is 0 Å². The van der Waals surface area contributed by atoms with E-state index in [4.69, 9.17) is 4.74 Å². The zero-order valence-corrected chi connectivity index (χ0v) is 12.6. The zero-order chi connectivity index (χ0) is 14.5. The zero-order valence-electron chi connectivity index (χ0n) is 11.8. The summed E-state index contributed by atoms with van der Waals surface area (Å²) in [4.78, 5) is 12.0. The van der Waals surface area contributed by atoms with Gasteiger partial charge in [0, 0.05) is 18.8 Å². The summed E-state index contributed by atoms with van der Waals surface area (Å²) in [5.74, 6) is -0.0717. The predicted octanol–water partition coefficient (Wildman–Crippen LogP) is 0.401. The number of carbonyl (C=O) groups is 1. The molecule has 1 aliphatic heterocycles. The number of carbonyl (C=O) groups excluding carboxylic acids is 1. The van der Waals surface area contributed by atoms with Crippen LogP contribution in [0.2, 0.25) is 0 Å². The molecule has 118 valence electrons. The number of ether oxygens (including phenoxy) is 1. The lowest BCUT2D eigenvalue weighted by Crippen LogP contribution is -2.40. The van der Waals surface area contributed by atoms with Gasteiger partial charge < -0.3 is 15.4 Å². The minimum Gasteiger partial charge on any atom is -0.375 e. The van der Waals surface area contributed by atoms with E-state index in [0.717, 1.165) is 12.2 Å². The SMILES string of the molecule is Cl.O=C(CC1CNCCO1)Nc1cccc(-n2cnnn2)c1. The number of aromatic nitrogens is 4. The number of rotatable bonds is 4. The van der Waals surface area contributed by atoms with Crippen LogP contribution in [0.1, 0.15) is 6.42 Å². The van der Waals surface area contributed by atoms with Gasteiger partial charge in [-0.3, -0.25) is 4.79 Å².